The van der Waals surface area contributed by atoms with Gasteiger partial charge in [0.05, 0.1) is 0 Å². The van der Waals surface area contributed by atoms with Gasteiger partial charge in [0.1, 0.15) is 5.82 Å². The molecule has 1 rings (SSSR count). The summed E-state index contributed by atoms with van der Waals surface area (Å²) in [7, 11) is 0. The van der Waals surface area contributed by atoms with Gasteiger partial charge in [0, 0.05) is 18.0 Å². The summed E-state index contributed by atoms with van der Waals surface area (Å²) < 4.78 is 0. The van der Waals surface area contributed by atoms with E-state index in [9.17, 15) is 0 Å². The SMILES string of the molecule is C=C(/C=C(\C)c1cnc(C)nc1)C(=C)CC. The zero-order valence-electron chi connectivity index (χ0n) is 10.2. The van der Waals surface area contributed by atoms with Crippen molar-refractivity contribution in [3.63, 3.8) is 0 Å². The summed E-state index contributed by atoms with van der Waals surface area (Å²) >= 11 is 0. The van der Waals surface area contributed by atoms with Crippen LogP contribution in [0.2, 0.25) is 0 Å². The number of hydrogen-bond donors (Lipinski definition) is 0. The predicted molar refractivity (Wildman–Crippen MR) is 69.0 cm³/mol. The minimum absolute atomic E-state index is 0.786. The van der Waals surface area contributed by atoms with Gasteiger partial charge in [0.15, 0.2) is 0 Å². The standard InChI is InChI=1S/C14H18N2/c1-6-10(2)11(3)7-12(4)14-8-15-13(5)16-9-14/h7-9H,2-3,6H2,1,4-5H3/b12-7+. The quantitative estimate of drug-likeness (QED) is 0.714. The summed E-state index contributed by atoms with van der Waals surface area (Å²) in [5, 5.41) is 0. The molecule has 0 aromatic carbocycles. The molecule has 16 heavy (non-hydrogen) atoms. The number of aromatic nitrogens is 2. The van der Waals surface area contributed by atoms with Gasteiger partial charge in [-0.05, 0) is 37.0 Å². The van der Waals surface area contributed by atoms with Gasteiger partial charge in [-0.1, -0.05) is 26.2 Å². The van der Waals surface area contributed by atoms with Crippen molar-refractivity contribution in [2.24, 2.45) is 0 Å². The van der Waals surface area contributed by atoms with E-state index in [0.717, 1.165) is 34.5 Å². The van der Waals surface area contributed by atoms with Crippen LogP contribution < -0.4 is 0 Å². The summed E-state index contributed by atoms with van der Waals surface area (Å²) in [6, 6.07) is 0. The molecule has 0 saturated carbocycles. The fraction of sp³-hybridized carbons (Fsp3) is 0.286. The van der Waals surface area contributed by atoms with Gasteiger partial charge in [-0.3, -0.25) is 0 Å². The molecule has 0 radical (unpaired) electrons. The maximum absolute atomic E-state index is 4.17. The third-order valence-electron chi connectivity index (χ3n) is 2.51. The Morgan fingerprint density at radius 3 is 2.38 bits per heavy atom. The summed E-state index contributed by atoms with van der Waals surface area (Å²) in [4.78, 5) is 8.34. The Kier molecular flexibility index (Phi) is 4.18. The van der Waals surface area contributed by atoms with E-state index in [1.807, 2.05) is 32.3 Å². The molecule has 0 unspecified atom stereocenters. The Morgan fingerprint density at radius 2 is 1.88 bits per heavy atom. The third-order valence-corrected chi connectivity index (χ3v) is 2.51. The van der Waals surface area contributed by atoms with E-state index in [0.29, 0.717) is 0 Å². The molecule has 1 aromatic heterocycles. The molecule has 0 N–H and O–H groups in total. The number of hydrogen-bond acceptors (Lipinski definition) is 2. The largest absolute Gasteiger partial charge is 0.241 e. The molecule has 0 amide bonds. The van der Waals surface area contributed by atoms with Crippen molar-refractivity contribution >= 4 is 5.57 Å². The molecule has 0 aliphatic heterocycles. The molecule has 1 heterocycles. The van der Waals surface area contributed by atoms with Crippen LogP contribution in [0.15, 0.2) is 42.8 Å². The van der Waals surface area contributed by atoms with Crippen LogP contribution in [-0.4, -0.2) is 9.97 Å². The van der Waals surface area contributed by atoms with E-state index >= 15 is 0 Å². The minimum atomic E-state index is 0.786. The molecule has 0 fully saturated rings. The summed E-state index contributed by atoms with van der Waals surface area (Å²) in [6.45, 7) is 13.9. The average Bonchev–Trinajstić information content (AvgIpc) is 2.28. The Morgan fingerprint density at radius 1 is 1.31 bits per heavy atom. The lowest BCUT2D eigenvalue weighted by molar-refractivity contribution is 1.04. The number of allylic oxidation sites excluding steroid dienone is 4. The van der Waals surface area contributed by atoms with Crippen molar-refractivity contribution in [3.05, 3.63) is 54.2 Å². The van der Waals surface area contributed by atoms with Gasteiger partial charge < -0.3 is 0 Å². The molecule has 0 aliphatic rings. The van der Waals surface area contributed by atoms with Crippen LogP contribution in [0.1, 0.15) is 31.7 Å². The molecular formula is C14H18N2. The molecular weight excluding hydrogens is 196 g/mol. The van der Waals surface area contributed by atoms with Gasteiger partial charge in [-0.25, -0.2) is 9.97 Å². The van der Waals surface area contributed by atoms with Crippen molar-refractivity contribution in [1.29, 1.82) is 0 Å². The highest BCUT2D eigenvalue weighted by atomic mass is 14.8. The predicted octanol–water partition coefficient (Wildman–Crippen LogP) is 3.71. The molecule has 0 spiro atoms. The Labute approximate surface area is 97.5 Å². The lowest BCUT2D eigenvalue weighted by Crippen LogP contribution is -1.90. The second-order valence-electron chi connectivity index (χ2n) is 3.83. The molecule has 1 aromatic rings. The minimum Gasteiger partial charge on any atom is -0.241 e. The second-order valence-corrected chi connectivity index (χ2v) is 3.83. The van der Waals surface area contributed by atoms with E-state index < -0.39 is 0 Å². The molecule has 0 aliphatic carbocycles. The van der Waals surface area contributed by atoms with Crippen molar-refractivity contribution in [2.75, 3.05) is 0 Å². The first-order chi connectivity index (χ1) is 7.54. The summed E-state index contributed by atoms with van der Waals surface area (Å²) in [6.07, 6.45) is 6.61. The van der Waals surface area contributed by atoms with Crippen molar-refractivity contribution in [2.45, 2.75) is 27.2 Å². The number of nitrogens with zero attached hydrogens (tertiary/aromatic N) is 2. The lowest BCUT2D eigenvalue weighted by Gasteiger charge is -2.05. The highest BCUT2D eigenvalue weighted by Gasteiger charge is 1.99. The van der Waals surface area contributed by atoms with E-state index in [4.69, 9.17) is 0 Å². The first kappa shape index (κ1) is 12.4. The smallest absolute Gasteiger partial charge is 0.125 e. The van der Waals surface area contributed by atoms with Crippen LogP contribution in [0.4, 0.5) is 0 Å². The first-order valence-electron chi connectivity index (χ1n) is 5.39. The summed E-state index contributed by atoms with van der Waals surface area (Å²) in [5.41, 5.74) is 4.17. The van der Waals surface area contributed by atoms with Gasteiger partial charge >= 0.3 is 0 Å². The van der Waals surface area contributed by atoms with Crippen LogP contribution in [0.5, 0.6) is 0 Å². The zero-order chi connectivity index (χ0) is 12.1. The van der Waals surface area contributed by atoms with Gasteiger partial charge in [-0.2, -0.15) is 0 Å². The topological polar surface area (TPSA) is 25.8 Å². The fourth-order valence-electron chi connectivity index (χ4n) is 1.27. The highest BCUT2D eigenvalue weighted by Crippen LogP contribution is 2.18. The molecule has 2 nitrogen and oxygen atoms in total. The van der Waals surface area contributed by atoms with Crippen LogP contribution in [0.25, 0.3) is 5.57 Å². The Bertz CT molecular complexity index is 425. The molecule has 0 atom stereocenters. The highest BCUT2D eigenvalue weighted by molar-refractivity contribution is 5.66. The second kappa shape index (κ2) is 5.40. The average molecular weight is 214 g/mol. The van der Waals surface area contributed by atoms with Crippen LogP contribution >= 0.6 is 0 Å². The third kappa shape index (κ3) is 3.16. The summed E-state index contributed by atoms with van der Waals surface area (Å²) in [5.74, 6) is 0.786. The number of aryl methyl sites for hydroxylation is 1. The van der Waals surface area contributed by atoms with Gasteiger partial charge in [-0.15, -0.1) is 0 Å². The molecule has 0 bridgehead atoms. The number of rotatable bonds is 4. The van der Waals surface area contributed by atoms with E-state index in [-0.39, 0.29) is 0 Å². The fourth-order valence-corrected chi connectivity index (χ4v) is 1.27. The van der Waals surface area contributed by atoms with E-state index in [1.54, 1.807) is 0 Å². The molecule has 84 valence electrons. The Hall–Kier alpha value is -1.70. The van der Waals surface area contributed by atoms with Gasteiger partial charge in [0.25, 0.3) is 0 Å². The normalized spacial score (nSPS) is 11.3. The van der Waals surface area contributed by atoms with Crippen molar-refractivity contribution in [1.82, 2.24) is 9.97 Å². The van der Waals surface area contributed by atoms with Crippen LogP contribution in [-0.2, 0) is 0 Å². The van der Waals surface area contributed by atoms with Gasteiger partial charge in [0.2, 0.25) is 0 Å². The monoisotopic (exact) mass is 214 g/mol. The van der Waals surface area contributed by atoms with Crippen LogP contribution in [0.3, 0.4) is 0 Å². The van der Waals surface area contributed by atoms with E-state index in [1.165, 1.54) is 0 Å². The van der Waals surface area contributed by atoms with Crippen molar-refractivity contribution < 1.29 is 0 Å². The molecule has 0 saturated heterocycles. The maximum Gasteiger partial charge on any atom is 0.125 e. The van der Waals surface area contributed by atoms with Crippen LogP contribution in [0, 0.1) is 6.92 Å². The van der Waals surface area contributed by atoms with Crippen molar-refractivity contribution in [3.8, 4) is 0 Å². The zero-order valence-corrected chi connectivity index (χ0v) is 10.2. The maximum atomic E-state index is 4.17. The first-order valence-corrected chi connectivity index (χ1v) is 5.39. The molecule has 2 heteroatoms. The Balaban J connectivity index is 2.89. The lowest BCUT2D eigenvalue weighted by atomic mass is 10.0. The van der Waals surface area contributed by atoms with E-state index in [2.05, 4.69) is 30.0 Å².